The van der Waals surface area contributed by atoms with E-state index in [0.29, 0.717) is 16.6 Å². The molecule has 1 N–H and O–H groups in total. The minimum absolute atomic E-state index is 0.0304. The second kappa shape index (κ2) is 6.63. The number of halogens is 3. The number of aromatic nitrogens is 1. The first-order valence-electron chi connectivity index (χ1n) is 7.51. The fourth-order valence-corrected chi connectivity index (χ4v) is 3.33. The van der Waals surface area contributed by atoms with E-state index in [2.05, 4.69) is 22.1 Å². The molecule has 2 aromatic rings. The van der Waals surface area contributed by atoms with Crippen LogP contribution in [0.15, 0.2) is 36.5 Å². The molecular formula is C17H18Cl2FN3. The quantitative estimate of drug-likeness (QED) is 0.831. The molecule has 1 aliphatic heterocycles. The summed E-state index contributed by atoms with van der Waals surface area (Å²) in [5.41, 5.74) is 1.94. The highest BCUT2D eigenvalue weighted by atomic mass is 35.5. The second-order valence-corrected chi connectivity index (χ2v) is 7.00. The highest BCUT2D eigenvalue weighted by Crippen LogP contribution is 2.27. The summed E-state index contributed by atoms with van der Waals surface area (Å²) < 4.78 is 12.9. The third kappa shape index (κ3) is 3.94. The van der Waals surface area contributed by atoms with Crippen molar-refractivity contribution in [2.24, 2.45) is 0 Å². The van der Waals surface area contributed by atoms with Crippen molar-refractivity contribution in [1.29, 1.82) is 0 Å². The van der Waals surface area contributed by atoms with Gasteiger partial charge in [-0.2, -0.15) is 4.39 Å². The lowest BCUT2D eigenvalue weighted by molar-refractivity contribution is 0.389. The van der Waals surface area contributed by atoms with Crippen molar-refractivity contribution < 1.29 is 4.39 Å². The van der Waals surface area contributed by atoms with Crippen LogP contribution in [0.5, 0.6) is 0 Å². The zero-order chi connectivity index (χ0) is 16.4. The van der Waals surface area contributed by atoms with Crippen LogP contribution in [0.25, 0.3) is 0 Å². The largest absolute Gasteiger partial charge is 0.368 e. The number of pyridine rings is 1. The molecule has 0 radical (unpaired) electrons. The standard InChI is InChI=1S/C17H18Cl2FN3/c1-17(22-9-12-2-3-13(18)8-15(12)19)6-7-23(11-17)14-4-5-16(20)21-10-14/h2-5,8,10,22H,6-7,9,11H2,1H3/t17-/m1/s1. The summed E-state index contributed by atoms with van der Waals surface area (Å²) >= 11 is 12.1. The van der Waals surface area contributed by atoms with Crippen molar-refractivity contribution in [2.45, 2.75) is 25.4 Å². The average Bonchev–Trinajstić information content (AvgIpc) is 2.90. The second-order valence-electron chi connectivity index (χ2n) is 6.16. The van der Waals surface area contributed by atoms with Gasteiger partial charge in [-0.15, -0.1) is 0 Å². The molecule has 23 heavy (non-hydrogen) atoms. The first kappa shape index (κ1) is 16.5. The van der Waals surface area contributed by atoms with Crippen molar-refractivity contribution in [3.05, 3.63) is 58.1 Å². The van der Waals surface area contributed by atoms with Gasteiger partial charge in [0.25, 0.3) is 0 Å². The summed E-state index contributed by atoms with van der Waals surface area (Å²) in [7, 11) is 0. The van der Waals surface area contributed by atoms with Crippen LogP contribution in [0.4, 0.5) is 10.1 Å². The van der Waals surface area contributed by atoms with Gasteiger partial charge in [0.15, 0.2) is 0 Å². The number of nitrogens with zero attached hydrogens (tertiary/aromatic N) is 2. The zero-order valence-electron chi connectivity index (χ0n) is 12.8. The summed E-state index contributed by atoms with van der Waals surface area (Å²) in [6.45, 7) is 4.62. The van der Waals surface area contributed by atoms with Gasteiger partial charge in [-0.25, -0.2) is 4.98 Å². The molecule has 1 aromatic carbocycles. The zero-order valence-corrected chi connectivity index (χ0v) is 14.3. The van der Waals surface area contributed by atoms with E-state index in [9.17, 15) is 4.39 Å². The van der Waals surface area contributed by atoms with Crippen LogP contribution in [0.2, 0.25) is 10.0 Å². The van der Waals surface area contributed by atoms with Crippen LogP contribution >= 0.6 is 23.2 Å². The van der Waals surface area contributed by atoms with E-state index in [0.717, 1.165) is 30.8 Å². The fraction of sp³-hybridized carbons (Fsp3) is 0.353. The highest BCUT2D eigenvalue weighted by Gasteiger charge is 2.33. The Hall–Kier alpha value is -1.36. The third-order valence-electron chi connectivity index (χ3n) is 4.27. The van der Waals surface area contributed by atoms with Crippen LogP contribution in [-0.4, -0.2) is 23.6 Å². The summed E-state index contributed by atoms with van der Waals surface area (Å²) in [5, 5.41) is 4.89. The van der Waals surface area contributed by atoms with Crippen molar-refractivity contribution in [3.63, 3.8) is 0 Å². The molecule has 6 heteroatoms. The molecule has 122 valence electrons. The Bertz CT molecular complexity index is 693. The monoisotopic (exact) mass is 353 g/mol. The van der Waals surface area contributed by atoms with Gasteiger partial charge in [0.2, 0.25) is 5.95 Å². The molecule has 2 heterocycles. The van der Waals surface area contributed by atoms with Gasteiger partial charge in [-0.1, -0.05) is 29.3 Å². The van der Waals surface area contributed by atoms with Gasteiger partial charge >= 0.3 is 0 Å². The minimum Gasteiger partial charge on any atom is -0.368 e. The Morgan fingerprint density at radius 3 is 2.83 bits per heavy atom. The molecule has 0 bridgehead atoms. The number of rotatable bonds is 4. The molecular weight excluding hydrogens is 336 g/mol. The SMILES string of the molecule is C[C@@]1(NCc2ccc(Cl)cc2Cl)CCN(c2ccc(F)nc2)C1. The van der Waals surface area contributed by atoms with Gasteiger partial charge in [0.05, 0.1) is 11.9 Å². The lowest BCUT2D eigenvalue weighted by Crippen LogP contribution is -2.44. The van der Waals surface area contributed by atoms with Crippen LogP contribution in [0.3, 0.4) is 0 Å². The summed E-state index contributed by atoms with van der Waals surface area (Å²) in [6, 6.07) is 8.71. The average molecular weight is 354 g/mol. The van der Waals surface area contributed by atoms with Crippen LogP contribution in [-0.2, 0) is 6.54 Å². The molecule has 1 aliphatic rings. The molecule has 1 aromatic heterocycles. The summed E-state index contributed by atoms with van der Waals surface area (Å²) in [5.74, 6) is -0.453. The highest BCUT2D eigenvalue weighted by molar-refractivity contribution is 6.35. The predicted molar refractivity (Wildman–Crippen MR) is 92.7 cm³/mol. The van der Waals surface area contributed by atoms with E-state index in [4.69, 9.17) is 23.2 Å². The van der Waals surface area contributed by atoms with Crippen LogP contribution in [0.1, 0.15) is 18.9 Å². The molecule has 3 rings (SSSR count). The van der Waals surface area contributed by atoms with Crippen molar-refractivity contribution in [2.75, 3.05) is 18.0 Å². The Morgan fingerprint density at radius 2 is 2.13 bits per heavy atom. The summed E-state index contributed by atoms with van der Waals surface area (Å²) in [6.07, 6.45) is 2.58. The molecule has 3 nitrogen and oxygen atoms in total. The van der Waals surface area contributed by atoms with E-state index >= 15 is 0 Å². The van der Waals surface area contributed by atoms with Gasteiger partial charge in [-0.05, 0) is 43.2 Å². The Labute approximate surface area is 145 Å². The molecule has 0 saturated carbocycles. The van der Waals surface area contributed by atoms with Crippen LogP contribution in [0, 0.1) is 5.95 Å². The first-order valence-corrected chi connectivity index (χ1v) is 8.26. The molecule has 1 saturated heterocycles. The van der Waals surface area contributed by atoms with Gasteiger partial charge in [0, 0.05) is 35.2 Å². The maximum Gasteiger partial charge on any atom is 0.212 e. The van der Waals surface area contributed by atoms with Crippen molar-refractivity contribution >= 4 is 28.9 Å². The van der Waals surface area contributed by atoms with Gasteiger partial charge in [0.1, 0.15) is 0 Å². The molecule has 0 spiro atoms. The van der Waals surface area contributed by atoms with Gasteiger partial charge in [-0.3, -0.25) is 0 Å². The minimum atomic E-state index is -0.453. The number of anilines is 1. The third-order valence-corrected chi connectivity index (χ3v) is 4.86. The molecule has 0 aliphatic carbocycles. The Balaban J connectivity index is 1.63. The molecule has 1 fully saturated rings. The fourth-order valence-electron chi connectivity index (χ4n) is 2.85. The van der Waals surface area contributed by atoms with E-state index < -0.39 is 5.95 Å². The van der Waals surface area contributed by atoms with Gasteiger partial charge < -0.3 is 10.2 Å². The molecule has 0 amide bonds. The maximum absolute atomic E-state index is 12.9. The smallest absolute Gasteiger partial charge is 0.212 e. The maximum atomic E-state index is 12.9. The predicted octanol–water partition coefficient (Wildman–Crippen LogP) is 4.29. The first-order chi connectivity index (χ1) is 11.0. The van der Waals surface area contributed by atoms with E-state index in [1.807, 2.05) is 12.1 Å². The van der Waals surface area contributed by atoms with Crippen molar-refractivity contribution in [1.82, 2.24) is 10.3 Å². The molecule has 0 unspecified atom stereocenters. The molecule has 1 atom stereocenters. The Kier molecular flexibility index (Phi) is 4.76. The van der Waals surface area contributed by atoms with E-state index in [1.54, 1.807) is 18.3 Å². The van der Waals surface area contributed by atoms with E-state index in [1.165, 1.54) is 6.07 Å². The number of hydrogen-bond acceptors (Lipinski definition) is 3. The number of benzene rings is 1. The summed E-state index contributed by atoms with van der Waals surface area (Å²) in [4.78, 5) is 5.94. The Morgan fingerprint density at radius 1 is 1.30 bits per heavy atom. The number of hydrogen-bond donors (Lipinski definition) is 1. The van der Waals surface area contributed by atoms with Crippen LogP contribution < -0.4 is 10.2 Å². The number of nitrogens with one attached hydrogen (secondary N) is 1. The van der Waals surface area contributed by atoms with Crippen molar-refractivity contribution in [3.8, 4) is 0 Å². The lowest BCUT2D eigenvalue weighted by atomic mass is 10.0. The normalized spacial score (nSPS) is 21.0. The topological polar surface area (TPSA) is 28.2 Å². The lowest BCUT2D eigenvalue weighted by Gasteiger charge is -2.27. The van der Waals surface area contributed by atoms with E-state index in [-0.39, 0.29) is 5.54 Å².